The molecule has 0 radical (unpaired) electrons. The summed E-state index contributed by atoms with van der Waals surface area (Å²) in [6.45, 7) is 5.40. The predicted molar refractivity (Wildman–Crippen MR) is 38.0 cm³/mol. The van der Waals surface area contributed by atoms with Crippen molar-refractivity contribution in [1.29, 1.82) is 0 Å². The number of ether oxygens (including phenoxy) is 1. The van der Waals surface area contributed by atoms with E-state index in [1.165, 1.54) is 6.08 Å². The van der Waals surface area contributed by atoms with Gasteiger partial charge in [0.1, 0.15) is 6.10 Å². The van der Waals surface area contributed by atoms with Gasteiger partial charge in [0.05, 0.1) is 0 Å². The summed E-state index contributed by atoms with van der Waals surface area (Å²) < 4.78 is 4.44. The van der Waals surface area contributed by atoms with Gasteiger partial charge in [0.15, 0.2) is 0 Å². The lowest BCUT2D eigenvalue weighted by molar-refractivity contribution is 0.0662. The summed E-state index contributed by atoms with van der Waals surface area (Å²) in [7, 11) is 0. The molecule has 0 saturated carbocycles. The van der Waals surface area contributed by atoms with E-state index in [-0.39, 0.29) is 6.10 Å². The Morgan fingerprint density at radius 1 is 1.90 bits per heavy atom. The molecule has 0 amide bonds. The van der Waals surface area contributed by atoms with Crippen molar-refractivity contribution in [3.05, 3.63) is 12.7 Å². The van der Waals surface area contributed by atoms with E-state index in [1.54, 1.807) is 0 Å². The first-order valence-corrected chi connectivity index (χ1v) is 3.22. The largest absolute Gasteiger partial charge is 0.506 e. The molecule has 0 aliphatic carbocycles. The van der Waals surface area contributed by atoms with Crippen LogP contribution in [-0.2, 0) is 4.74 Å². The Bertz CT molecular complexity index is 120. The molecule has 0 spiro atoms. The standard InChI is InChI=1S/C7H12O3/c1-3-5-6(4-2)10-7(8)9/h4,6H,2-3,5H2,1H3,(H,8,9). The molecule has 0 aromatic rings. The van der Waals surface area contributed by atoms with Crippen LogP contribution in [-0.4, -0.2) is 17.4 Å². The predicted octanol–water partition coefficient (Wildman–Crippen LogP) is 2.04. The molecule has 58 valence electrons. The van der Waals surface area contributed by atoms with Crippen LogP contribution >= 0.6 is 0 Å². The number of carbonyl (C=O) groups is 1. The van der Waals surface area contributed by atoms with Crippen LogP contribution < -0.4 is 0 Å². The van der Waals surface area contributed by atoms with Gasteiger partial charge in [-0.05, 0) is 6.42 Å². The summed E-state index contributed by atoms with van der Waals surface area (Å²) in [5, 5.41) is 8.17. The van der Waals surface area contributed by atoms with Crippen molar-refractivity contribution < 1.29 is 14.6 Å². The third-order valence-electron chi connectivity index (χ3n) is 1.09. The van der Waals surface area contributed by atoms with Gasteiger partial charge in [-0.3, -0.25) is 0 Å². The molecule has 10 heavy (non-hydrogen) atoms. The van der Waals surface area contributed by atoms with Gasteiger partial charge < -0.3 is 9.84 Å². The average Bonchev–Trinajstić information content (AvgIpc) is 1.86. The van der Waals surface area contributed by atoms with E-state index in [1.807, 2.05) is 6.92 Å². The van der Waals surface area contributed by atoms with Gasteiger partial charge >= 0.3 is 6.16 Å². The highest BCUT2D eigenvalue weighted by Crippen LogP contribution is 2.02. The third-order valence-corrected chi connectivity index (χ3v) is 1.09. The molecule has 1 atom stereocenters. The SMILES string of the molecule is C=CC(CCC)OC(=O)O. The second-order valence-electron chi connectivity index (χ2n) is 1.95. The summed E-state index contributed by atoms with van der Waals surface area (Å²) in [4.78, 5) is 9.97. The van der Waals surface area contributed by atoms with Crippen molar-refractivity contribution >= 4 is 6.16 Å². The van der Waals surface area contributed by atoms with Gasteiger partial charge in [0, 0.05) is 0 Å². The maximum atomic E-state index is 9.97. The summed E-state index contributed by atoms with van der Waals surface area (Å²) in [5.41, 5.74) is 0. The van der Waals surface area contributed by atoms with Crippen molar-refractivity contribution in [3.8, 4) is 0 Å². The first-order chi connectivity index (χ1) is 4.70. The van der Waals surface area contributed by atoms with E-state index in [0.29, 0.717) is 6.42 Å². The van der Waals surface area contributed by atoms with Crippen molar-refractivity contribution in [2.45, 2.75) is 25.9 Å². The van der Waals surface area contributed by atoms with Gasteiger partial charge in [-0.15, -0.1) is 0 Å². The van der Waals surface area contributed by atoms with Gasteiger partial charge in [0.2, 0.25) is 0 Å². The lowest BCUT2D eigenvalue weighted by atomic mass is 10.2. The minimum atomic E-state index is -1.24. The lowest BCUT2D eigenvalue weighted by Crippen LogP contribution is -2.13. The summed E-state index contributed by atoms with van der Waals surface area (Å²) in [6.07, 6.45) is 1.51. The maximum Gasteiger partial charge on any atom is 0.506 e. The molecule has 0 heterocycles. The molecule has 3 nitrogen and oxygen atoms in total. The zero-order valence-electron chi connectivity index (χ0n) is 6.04. The van der Waals surface area contributed by atoms with Crippen LogP contribution in [0.1, 0.15) is 19.8 Å². The summed E-state index contributed by atoms with van der Waals surface area (Å²) >= 11 is 0. The second kappa shape index (κ2) is 4.85. The Morgan fingerprint density at radius 2 is 2.50 bits per heavy atom. The van der Waals surface area contributed by atoms with Crippen LogP contribution in [0.4, 0.5) is 4.79 Å². The van der Waals surface area contributed by atoms with Crippen molar-refractivity contribution in [2.75, 3.05) is 0 Å². The van der Waals surface area contributed by atoms with E-state index in [9.17, 15) is 4.79 Å². The maximum absolute atomic E-state index is 9.97. The normalized spacial score (nSPS) is 12.1. The Kier molecular flexibility index (Phi) is 4.37. The molecule has 0 fully saturated rings. The zero-order chi connectivity index (χ0) is 7.98. The smallest absolute Gasteiger partial charge is 0.450 e. The second-order valence-corrected chi connectivity index (χ2v) is 1.95. The van der Waals surface area contributed by atoms with Crippen LogP contribution in [0.5, 0.6) is 0 Å². The Morgan fingerprint density at radius 3 is 2.80 bits per heavy atom. The van der Waals surface area contributed by atoms with Gasteiger partial charge in [0.25, 0.3) is 0 Å². The molecule has 0 aromatic carbocycles. The van der Waals surface area contributed by atoms with E-state index in [4.69, 9.17) is 5.11 Å². The van der Waals surface area contributed by atoms with Gasteiger partial charge in [-0.2, -0.15) is 0 Å². The minimum Gasteiger partial charge on any atom is -0.450 e. The topological polar surface area (TPSA) is 46.5 Å². The average molecular weight is 144 g/mol. The van der Waals surface area contributed by atoms with Gasteiger partial charge in [-0.1, -0.05) is 26.0 Å². The number of hydrogen-bond acceptors (Lipinski definition) is 2. The molecule has 3 heteroatoms. The molecular formula is C7H12O3. The van der Waals surface area contributed by atoms with E-state index < -0.39 is 6.16 Å². The highest BCUT2D eigenvalue weighted by Gasteiger charge is 2.06. The summed E-state index contributed by atoms with van der Waals surface area (Å²) in [6, 6.07) is 0. The fourth-order valence-corrected chi connectivity index (χ4v) is 0.639. The highest BCUT2D eigenvalue weighted by atomic mass is 16.7. The van der Waals surface area contributed by atoms with E-state index in [0.717, 1.165) is 6.42 Å². The van der Waals surface area contributed by atoms with Gasteiger partial charge in [-0.25, -0.2) is 4.79 Å². The molecule has 0 bridgehead atoms. The zero-order valence-corrected chi connectivity index (χ0v) is 6.04. The van der Waals surface area contributed by atoms with Crippen LogP contribution in [0.2, 0.25) is 0 Å². The minimum absolute atomic E-state index is 0.345. The Balaban J connectivity index is 3.59. The molecule has 0 aliphatic rings. The molecular weight excluding hydrogens is 132 g/mol. The Hall–Kier alpha value is -0.990. The molecule has 0 aliphatic heterocycles. The number of rotatable bonds is 4. The van der Waals surface area contributed by atoms with Crippen LogP contribution in [0.3, 0.4) is 0 Å². The van der Waals surface area contributed by atoms with Crippen molar-refractivity contribution in [2.24, 2.45) is 0 Å². The quantitative estimate of drug-likeness (QED) is 0.485. The van der Waals surface area contributed by atoms with Crippen molar-refractivity contribution in [1.82, 2.24) is 0 Å². The van der Waals surface area contributed by atoms with E-state index in [2.05, 4.69) is 11.3 Å². The molecule has 0 aromatic heterocycles. The van der Waals surface area contributed by atoms with Crippen LogP contribution in [0.25, 0.3) is 0 Å². The fraction of sp³-hybridized carbons (Fsp3) is 0.571. The summed E-state index contributed by atoms with van der Waals surface area (Å²) in [5.74, 6) is 0. The molecule has 0 rings (SSSR count). The van der Waals surface area contributed by atoms with E-state index >= 15 is 0 Å². The lowest BCUT2D eigenvalue weighted by Gasteiger charge is -2.08. The first kappa shape index (κ1) is 9.01. The highest BCUT2D eigenvalue weighted by molar-refractivity contribution is 5.57. The number of hydrogen-bond donors (Lipinski definition) is 1. The molecule has 1 unspecified atom stereocenters. The number of carboxylic acid groups (broad SMARTS) is 1. The fourth-order valence-electron chi connectivity index (χ4n) is 0.639. The first-order valence-electron chi connectivity index (χ1n) is 3.22. The molecule has 0 saturated heterocycles. The Labute approximate surface area is 60.3 Å². The van der Waals surface area contributed by atoms with Crippen LogP contribution in [0.15, 0.2) is 12.7 Å². The van der Waals surface area contributed by atoms with Crippen molar-refractivity contribution in [3.63, 3.8) is 0 Å². The third kappa shape index (κ3) is 3.95. The van der Waals surface area contributed by atoms with Crippen LogP contribution in [0, 0.1) is 0 Å². The molecule has 1 N–H and O–H groups in total. The monoisotopic (exact) mass is 144 g/mol.